The van der Waals surface area contributed by atoms with Crippen LogP contribution in [0.2, 0.25) is 5.28 Å². The summed E-state index contributed by atoms with van der Waals surface area (Å²) in [4.78, 5) is 17.8. The van der Waals surface area contributed by atoms with Crippen LogP contribution in [0, 0.1) is 11.8 Å². The van der Waals surface area contributed by atoms with Crippen LogP contribution < -0.4 is 9.80 Å². The Morgan fingerprint density at radius 2 is 1.43 bits per heavy atom. The van der Waals surface area contributed by atoms with Gasteiger partial charge in [0, 0.05) is 26.2 Å². The average Bonchev–Trinajstić information content (AvgIpc) is 3.01. The van der Waals surface area contributed by atoms with Crippen LogP contribution >= 0.6 is 11.6 Å². The normalized spacial score (nSPS) is 20.6. The summed E-state index contributed by atoms with van der Waals surface area (Å²) >= 11 is 6.11. The van der Waals surface area contributed by atoms with Crippen molar-refractivity contribution in [2.75, 3.05) is 36.0 Å². The van der Waals surface area contributed by atoms with Crippen molar-refractivity contribution in [3.05, 3.63) is 5.28 Å². The number of anilines is 2. The summed E-state index contributed by atoms with van der Waals surface area (Å²) in [7, 11) is 0. The molecular weight excluding hydrogens is 286 g/mol. The van der Waals surface area contributed by atoms with Gasteiger partial charge in [-0.05, 0) is 49.1 Å². The van der Waals surface area contributed by atoms with Gasteiger partial charge < -0.3 is 9.80 Å². The van der Waals surface area contributed by atoms with Crippen molar-refractivity contribution in [2.24, 2.45) is 11.8 Å². The zero-order chi connectivity index (χ0) is 14.8. The number of halogens is 1. The van der Waals surface area contributed by atoms with Crippen LogP contribution in [0.3, 0.4) is 0 Å². The lowest BCUT2D eigenvalue weighted by Crippen LogP contribution is -2.36. The summed E-state index contributed by atoms with van der Waals surface area (Å²) in [5.41, 5.74) is 0. The Morgan fingerprint density at radius 3 is 1.95 bits per heavy atom. The number of hydrogen-bond acceptors (Lipinski definition) is 5. The first-order valence-corrected chi connectivity index (χ1v) is 8.43. The Bertz CT molecular complexity index is 479. The molecule has 2 aliphatic heterocycles. The van der Waals surface area contributed by atoms with Crippen LogP contribution in [-0.2, 0) is 0 Å². The van der Waals surface area contributed by atoms with Gasteiger partial charge in [-0.2, -0.15) is 15.0 Å². The molecule has 0 spiro atoms. The molecule has 0 aliphatic carbocycles. The first-order chi connectivity index (χ1) is 10.1. The van der Waals surface area contributed by atoms with E-state index in [1.54, 1.807) is 0 Å². The van der Waals surface area contributed by atoms with E-state index in [2.05, 4.69) is 38.6 Å². The van der Waals surface area contributed by atoms with E-state index in [1.807, 2.05) is 0 Å². The van der Waals surface area contributed by atoms with Gasteiger partial charge in [0.05, 0.1) is 0 Å². The highest BCUT2D eigenvalue weighted by molar-refractivity contribution is 6.28. The highest BCUT2D eigenvalue weighted by Gasteiger charge is 2.25. The molecule has 116 valence electrons. The van der Waals surface area contributed by atoms with E-state index in [9.17, 15) is 0 Å². The first kappa shape index (κ1) is 14.8. The van der Waals surface area contributed by atoms with Crippen LogP contribution in [0.5, 0.6) is 0 Å². The van der Waals surface area contributed by atoms with Crippen molar-refractivity contribution in [3.8, 4) is 0 Å². The highest BCUT2D eigenvalue weighted by Crippen LogP contribution is 2.27. The number of nitrogens with zero attached hydrogens (tertiary/aromatic N) is 5. The molecule has 2 saturated heterocycles. The molecule has 0 radical (unpaired) electrons. The van der Waals surface area contributed by atoms with Gasteiger partial charge in [-0.15, -0.1) is 0 Å². The molecule has 21 heavy (non-hydrogen) atoms. The largest absolute Gasteiger partial charge is 0.341 e. The Balaban J connectivity index is 1.73. The van der Waals surface area contributed by atoms with Gasteiger partial charge in [0.25, 0.3) is 0 Å². The van der Waals surface area contributed by atoms with Crippen LogP contribution in [0.4, 0.5) is 11.9 Å². The fourth-order valence-electron chi connectivity index (χ4n) is 3.30. The van der Waals surface area contributed by atoms with Gasteiger partial charge >= 0.3 is 0 Å². The minimum absolute atomic E-state index is 0.313. The first-order valence-electron chi connectivity index (χ1n) is 8.05. The molecule has 2 fully saturated rings. The minimum Gasteiger partial charge on any atom is -0.341 e. The SMILES string of the molecule is CC(C)C1CCN(c2nc(Cl)nc(N3CCCC3)n2)CC1. The van der Waals surface area contributed by atoms with Crippen LogP contribution in [0.25, 0.3) is 0 Å². The van der Waals surface area contributed by atoms with Crippen molar-refractivity contribution in [1.29, 1.82) is 0 Å². The lowest BCUT2D eigenvalue weighted by Gasteiger charge is -2.34. The van der Waals surface area contributed by atoms with Crippen molar-refractivity contribution < 1.29 is 0 Å². The van der Waals surface area contributed by atoms with E-state index in [1.165, 1.54) is 25.7 Å². The molecule has 0 saturated carbocycles. The number of aromatic nitrogens is 3. The molecule has 1 aromatic rings. The summed E-state index contributed by atoms with van der Waals surface area (Å²) in [5.74, 6) is 3.07. The summed E-state index contributed by atoms with van der Waals surface area (Å²) in [6.45, 7) is 8.70. The third-order valence-electron chi connectivity index (χ3n) is 4.74. The molecule has 0 bridgehead atoms. The molecule has 0 atom stereocenters. The van der Waals surface area contributed by atoms with Gasteiger partial charge in [0.2, 0.25) is 17.2 Å². The van der Waals surface area contributed by atoms with Crippen LogP contribution in [0.15, 0.2) is 0 Å². The molecule has 1 aromatic heterocycles. The predicted octanol–water partition coefficient (Wildman–Crippen LogP) is 3.00. The van der Waals surface area contributed by atoms with E-state index >= 15 is 0 Å². The van der Waals surface area contributed by atoms with Gasteiger partial charge in [-0.25, -0.2) is 0 Å². The Labute approximate surface area is 131 Å². The molecule has 6 heteroatoms. The molecular formula is C15H24ClN5. The molecule has 0 unspecified atom stereocenters. The van der Waals surface area contributed by atoms with E-state index in [-0.39, 0.29) is 0 Å². The number of hydrogen-bond donors (Lipinski definition) is 0. The maximum atomic E-state index is 6.11. The third-order valence-corrected chi connectivity index (χ3v) is 4.91. The second-order valence-electron chi connectivity index (χ2n) is 6.47. The third kappa shape index (κ3) is 3.39. The quantitative estimate of drug-likeness (QED) is 0.859. The maximum Gasteiger partial charge on any atom is 0.231 e. The van der Waals surface area contributed by atoms with Gasteiger partial charge in [0.15, 0.2) is 0 Å². The van der Waals surface area contributed by atoms with Crippen LogP contribution in [0.1, 0.15) is 39.5 Å². The second-order valence-corrected chi connectivity index (χ2v) is 6.81. The van der Waals surface area contributed by atoms with Gasteiger partial charge in [-0.1, -0.05) is 13.8 Å². The van der Waals surface area contributed by atoms with Crippen molar-refractivity contribution >= 4 is 23.5 Å². The molecule has 0 aromatic carbocycles. The lowest BCUT2D eigenvalue weighted by atomic mass is 9.87. The highest BCUT2D eigenvalue weighted by atomic mass is 35.5. The second kappa shape index (κ2) is 6.34. The zero-order valence-electron chi connectivity index (χ0n) is 12.9. The van der Waals surface area contributed by atoms with Crippen molar-refractivity contribution in [3.63, 3.8) is 0 Å². The van der Waals surface area contributed by atoms with E-state index in [0.29, 0.717) is 5.28 Å². The summed E-state index contributed by atoms with van der Waals surface area (Å²) in [5, 5.41) is 0.313. The average molecular weight is 310 g/mol. The minimum atomic E-state index is 0.313. The maximum absolute atomic E-state index is 6.11. The molecule has 3 heterocycles. The monoisotopic (exact) mass is 309 g/mol. The zero-order valence-corrected chi connectivity index (χ0v) is 13.7. The fourth-order valence-corrected chi connectivity index (χ4v) is 3.45. The molecule has 0 amide bonds. The lowest BCUT2D eigenvalue weighted by molar-refractivity contribution is 0.310. The molecule has 2 aliphatic rings. The van der Waals surface area contributed by atoms with E-state index in [0.717, 1.165) is 49.9 Å². The van der Waals surface area contributed by atoms with E-state index < -0.39 is 0 Å². The molecule has 0 N–H and O–H groups in total. The number of piperidine rings is 1. The summed E-state index contributed by atoms with van der Waals surface area (Å²) in [6, 6.07) is 0. The standard InChI is InChI=1S/C15H24ClN5/c1-11(2)12-5-9-21(10-6-12)15-18-13(16)17-14(19-15)20-7-3-4-8-20/h11-12H,3-10H2,1-2H3. The predicted molar refractivity (Wildman–Crippen MR) is 86.1 cm³/mol. The Kier molecular flexibility index (Phi) is 4.48. The molecule has 3 rings (SSSR count). The van der Waals surface area contributed by atoms with Crippen LogP contribution in [-0.4, -0.2) is 41.1 Å². The van der Waals surface area contributed by atoms with Crippen molar-refractivity contribution in [1.82, 2.24) is 15.0 Å². The van der Waals surface area contributed by atoms with Crippen molar-refractivity contribution in [2.45, 2.75) is 39.5 Å². The van der Waals surface area contributed by atoms with Gasteiger partial charge in [0.1, 0.15) is 0 Å². The van der Waals surface area contributed by atoms with E-state index in [4.69, 9.17) is 11.6 Å². The number of rotatable bonds is 3. The Hall–Kier alpha value is -1.10. The van der Waals surface area contributed by atoms with Gasteiger partial charge in [-0.3, -0.25) is 0 Å². The Morgan fingerprint density at radius 1 is 0.905 bits per heavy atom. The smallest absolute Gasteiger partial charge is 0.231 e. The fraction of sp³-hybridized carbons (Fsp3) is 0.800. The topological polar surface area (TPSA) is 45.2 Å². The molecule has 5 nitrogen and oxygen atoms in total. The summed E-state index contributed by atoms with van der Waals surface area (Å²) < 4.78 is 0. The summed E-state index contributed by atoms with van der Waals surface area (Å²) in [6.07, 6.45) is 4.83.